The summed E-state index contributed by atoms with van der Waals surface area (Å²) < 4.78 is 0. The Balaban J connectivity index is 2.38. The maximum Gasteiger partial charge on any atom is 0.230 e. The normalized spacial score (nSPS) is 15.7. The molecule has 1 rings (SSSR count). The van der Waals surface area contributed by atoms with Crippen LogP contribution in [0.2, 0.25) is 0 Å². The van der Waals surface area contributed by atoms with E-state index in [1.165, 1.54) is 102 Å². The van der Waals surface area contributed by atoms with Crippen LogP contribution in [0.15, 0.2) is 11.6 Å². The lowest BCUT2D eigenvalue weighted by molar-refractivity contribution is -0.140. The Kier molecular flexibility index (Phi) is 17.5. The Hall–Kier alpha value is -1.12. The lowest BCUT2D eigenvalue weighted by Crippen LogP contribution is -2.40. The Labute approximate surface area is 199 Å². The van der Waals surface area contributed by atoms with Gasteiger partial charge in [0.05, 0.1) is 6.04 Å². The molecule has 1 aliphatic rings. The zero-order valence-corrected chi connectivity index (χ0v) is 21.8. The molecule has 1 aliphatic heterocycles. The number of hydrogen-bond acceptors (Lipinski definition) is 2. The highest BCUT2D eigenvalue weighted by Gasteiger charge is 2.35. The largest absolute Gasteiger partial charge is 0.275 e. The Morgan fingerprint density at radius 2 is 1.12 bits per heavy atom. The van der Waals surface area contributed by atoms with E-state index >= 15 is 0 Å². The second-order valence-corrected chi connectivity index (χ2v) is 9.83. The van der Waals surface area contributed by atoms with Crippen LogP contribution in [0.1, 0.15) is 156 Å². The molecule has 3 nitrogen and oxygen atoms in total. The van der Waals surface area contributed by atoms with Gasteiger partial charge in [0.2, 0.25) is 11.8 Å². The van der Waals surface area contributed by atoms with E-state index in [-0.39, 0.29) is 17.9 Å². The monoisotopic (exact) mass is 447 g/mol. The summed E-state index contributed by atoms with van der Waals surface area (Å²) >= 11 is 0. The Bertz CT molecular complexity index is 509. The molecule has 0 saturated carbocycles. The lowest BCUT2D eigenvalue weighted by Gasteiger charge is -2.29. The zero-order valence-electron chi connectivity index (χ0n) is 21.8. The molecule has 1 saturated heterocycles. The molecular weight excluding hydrogens is 394 g/mol. The second-order valence-electron chi connectivity index (χ2n) is 9.83. The van der Waals surface area contributed by atoms with Gasteiger partial charge in [0.25, 0.3) is 0 Å². The van der Waals surface area contributed by atoms with Gasteiger partial charge in [-0.3, -0.25) is 14.5 Å². The summed E-state index contributed by atoms with van der Waals surface area (Å²) in [6.45, 7) is 6.69. The average Bonchev–Trinajstić information content (AvgIpc) is 3.12. The van der Waals surface area contributed by atoms with Crippen molar-refractivity contribution < 1.29 is 9.59 Å². The SMILES string of the molecule is CCCCCCCCCCCCCC=C(CC)C(CCCCCCC)N1C(=O)CCC1=O. The van der Waals surface area contributed by atoms with E-state index in [0.29, 0.717) is 12.8 Å². The number of hydrogen-bond donors (Lipinski definition) is 0. The van der Waals surface area contributed by atoms with Crippen LogP contribution in [0.3, 0.4) is 0 Å². The third-order valence-corrected chi connectivity index (χ3v) is 7.03. The number of carbonyl (C=O) groups is 2. The molecule has 0 aromatic carbocycles. The Morgan fingerprint density at radius 3 is 1.59 bits per heavy atom. The molecule has 0 aromatic rings. The van der Waals surface area contributed by atoms with Gasteiger partial charge in [-0.05, 0) is 25.7 Å². The fraction of sp³-hybridized carbons (Fsp3) is 0.862. The fourth-order valence-electron chi connectivity index (χ4n) is 4.98. The lowest BCUT2D eigenvalue weighted by atomic mass is 9.95. The molecule has 0 aliphatic carbocycles. The predicted molar refractivity (Wildman–Crippen MR) is 138 cm³/mol. The molecule has 0 spiro atoms. The highest BCUT2D eigenvalue weighted by molar-refractivity contribution is 6.02. The molecule has 1 atom stereocenters. The van der Waals surface area contributed by atoms with Gasteiger partial charge in [-0.25, -0.2) is 0 Å². The van der Waals surface area contributed by atoms with Crippen LogP contribution in [-0.2, 0) is 9.59 Å². The standard InChI is InChI=1S/C29H53NO2/c1-4-7-9-11-12-13-14-15-16-17-19-20-22-26(6-3)27(23-21-18-10-8-5-2)30-28(31)24-25-29(30)32/h22,27H,4-21,23-25H2,1-3H3. The van der Waals surface area contributed by atoms with Crippen molar-refractivity contribution in [1.82, 2.24) is 4.90 Å². The van der Waals surface area contributed by atoms with Crippen LogP contribution in [0, 0.1) is 0 Å². The second kappa shape index (κ2) is 19.4. The van der Waals surface area contributed by atoms with Gasteiger partial charge in [-0.1, -0.05) is 129 Å². The van der Waals surface area contributed by atoms with Crippen molar-refractivity contribution in [2.24, 2.45) is 0 Å². The summed E-state index contributed by atoms with van der Waals surface area (Å²) in [6, 6.07) is 0.0110. The van der Waals surface area contributed by atoms with Gasteiger partial charge in [0.15, 0.2) is 0 Å². The van der Waals surface area contributed by atoms with Crippen LogP contribution in [0.4, 0.5) is 0 Å². The van der Waals surface area contributed by atoms with Gasteiger partial charge < -0.3 is 0 Å². The summed E-state index contributed by atoms with van der Waals surface area (Å²) in [5, 5.41) is 0. The molecule has 1 heterocycles. The molecule has 0 bridgehead atoms. The van der Waals surface area contributed by atoms with Crippen LogP contribution >= 0.6 is 0 Å². The van der Waals surface area contributed by atoms with E-state index in [1.54, 1.807) is 4.90 Å². The van der Waals surface area contributed by atoms with Gasteiger partial charge in [0, 0.05) is 12.8 Å². The predicted octanol–water partition coefficient (Wildman–Crippen LogP) is 8.90. The number of allylic oxidation sites excluding steroid dienone is 1. The molecule has 3 heteroatoms. The van der Waals surface area contributed by atoms with Gasteiger partial charge >= 0.3 is 0 Å². The summed E-state index contributed by atoms with van der Waals surface area (Å²) in [6.07, 6.45) is 27.2. The van der Waals surface area contributed by atoms with Crippen molar-refractivity contribution in [2.45, 2.75) is 162 Å². The molecule has 2 amide bonds. The molecule has 0 aromatic heterocycles. The third-order valence-electron chi connectivity index (χ3n) is 7.03. The van der Waals surface area contributed by atoms with Crippen molar-refractivity contribution >= 4 is 11.8 Å². The number of nitrogens with zero attached hydrogens (tertiary/aromatic N) is 1. The molecule has 32 heavy (non-hydrogen) atoms. The maximum atomic E-state index is 12.4. The smallest absolute Gasteiger partial charge is 0.230 e. The van der Waals surface area contributed by atoms with Crippen LogP contribution in [0.5, 0.6) is 0 Å². The number of unbranched alkanes of at least 4 members (excludes halogenated alkanes) is 15. The maximum absolute atomic E-state index is 12.4. The average molecular weight is 448 g/mol. The number of likely N-dealkylation sites (tertiary alicyclic amines) is 1. The summed E-state index contributed by atoms with van der Waals surface area (Å²) in [4.78, 5) is 26.5. The van der Waals surface area contributed by atoms with E-state index < -0.39 is 0 Å². The summed E-state index contributed by atoms with van der Waals surface area (Å²) in [7, 11) is 0. The van der Waals surface area contributed by atoms with Crippen molar-refractivity contribution in [3.05, 3.63) is 11.6 Å². The fourth-order valence-corrected chi connectivity index (χ4v) is 4.98. The van der Waals surface area contributed by atoms with Crippen molar-refractivity contribution in [2.75, 3.05) is 0 Å². The molecule has 186 valence electrons. The zero-order chi connectivity index (χ0) is 23.4. The summed E-state index contributed by atoms with van der Waals surface area (Å²) in [5.41, 5.74) is 1.32. The number of amides is 2. The van der Waals surface area contributed by atoms with Gasteiger partial charge in [-0.15, -0.1) is 0 Å². The quantitative estimate of drug-likeness (QED) is 0.1000. The number of carbonyl (C=O) groups excluding carboxylic acids is 2. The van der Waals surface area contributed by atoms with Crippen LogP contribution < -0.4 is 0 Å². The van der Waals surface area contributed by atoms with Gasteiger partial charge in [0.1, 0.15) is 0 Å². The number of imide groups is 1. The first-order valence-corrected chi connectivity index (χ1v) is 14.2. The highest BCUT2D eigenvalue weighted by Crippen LogP contribution is 2.27. The van der Waals surface area contributed by atoms with E-state index in [0.717, 1.165) is 25.7 Å². The molecule has 1 fully saturated rings. The van der Waals surface area contributed by atoms with E-state index in [4.69, 9.17) is 0 Å². The minimum Gasteiger partial charge on any atom is -0.275 e. The highest BCUT2D eigenvalue weighted by atomic mass is 16.2. The van der Waals surface area contributed by atoms with E-state index in [9.17, 15) is 9.59 Å². The topological polar surface area (TPSA) is 37.4 Å². The van der Waals surface area contributed by atoms with Crippen molar-refractivity contribution in [3.8, 4) is 0 Å². The first-order valence-electron chi connectivity index (χ1n) is 14.2. The van der Waals surface area contributed by atoms with Gasteiger partial charge in [-0.2, -0.15) is 0 Å². The van der Waals surface area contributed by atoms with Crippen molar-refractivity contribution in [3.63, 3.8) is 0 Å². The first-order chi connectivity index (χ1) is 15.7. The number of rotatable bonds is 21. The first kappa shape index (κ1) is 28.9. The minimum atomic E-state index is 0.0110. The van der Waals surface area contributed by atoms with E-state index in [2.05, 4.69) is 26.8 Å². The molecule has 0 radical (unpaired) electrons. The molecule has 1 unspecified atom stereocenters. The summed E-state index contributed by atoms with van der Waals surface area (Å²) in [5.74, 6) is 0.0882. The van der Waals surface area contributed by atoms with Crippen molar-refractivity contribution in [1.29, 1.82) is 0 Å². The van der Waals surface area contributed by atoms with Crippen LogP contribution in [0.25, 0.3) is 0 Å². The van der Waals surface area contributed by atoms with Crippen LogP contribution in [-0.4, -0.2) is 22.8 Å². The third kappa shape index (κ3) is 12.2. The molecule has 0 N–H and O–H groups in total. The molecular formula is C29H53NO2. The van der Waals surface area contributed by atoms with E-state index in [1.807, 2.05) is 0 Å². The minimum absolute atomic E-state index is 0.0110. The Morgan fingerprint density at radius 1 is 0.688 bits per heavy atom.